The maximum atomic E-state index is 12.1. The van der Waals surface area contributed by atoms with Crippen LogP contribution in [0.1, 0.15) is 0 Å². The number of nitrogens with zero attached hydrogens (tertiary/aromatic N) is 5. The Bertz CT molecular complexity index is 1890. The highest BCUT2D eigenvalue weighted by molar-refractivity contribution is 7.86. The summed E-state index contributed by atoms with van der Waals surface area (Å²) in [6.45, 7) is 0. The second-order valence-electron chi connectivity index (χ2n) is 7.75. The standard InChI is InChI=1S/C22H16N6O9S2/c23-19-18-12(11-17(39(35,36)37)21(22(18)29)27-24-13-4-2-1-3-5-13)10-16(38(32,33)34)20(19)26-25-14-6-8-15(9-7-14)28(30)31/h1-11,29H,23H2,(H,32,33,34)(H,35,36,37)/p-1. The minimum Gasteiger partial charge on any atom is -0.744 e. The zero-order valence-corrected chi connectivity index (χ0v) is 20.9. The quantitative estimate of drug-likeness (QED) is 0.0877. The van der Waals surface area contributed by atoms with Crippen LogP contribution in [0.4, 0.5) is 34.1 Å². The largest absolute Gasteiger partial charge is 0.744 e. The third-order valence-corrected chi connectivity index (χ3v) is 6.93. The molecule has 0 atom stereocenters. The van der Waals surface area contributed by atoms with Crippen molar-refractivity contribution in [3.05, 3.63) is 76.8 Å². The van der Waals surface area contributed by atoms with E-state index >= 15 is 0 Å². The molecule has 0 saturated carbocycles. The Hall–Kier alpha value is -4.84. The van der Waals surface area contributed by atoms with Crippen LogP contribution in [0, 0.1) is 10.1 Å². The lowest BCUT2D eigenvalue weighted by molar-refractivity contribution is -0.384. The summed E-state index contributed by atoms with van der Waals surface area (Å²) < 4.78 is 70.0. The average molecular weight is 572 g/mol. The number of aromatic hydroxyl groups is 1. The molecule has 0 unspecified atom stereocenters. The van der Waals surface area contributed by atoms with Crippen LogP contribution in [0.25, 0.3) is 10.8 Å². The first-order valence-electron chi connectivity index (χ1n) is 10.5. The molecule has 0 aliphatic heterocycles. The lowest BCUT2D eigenvalue weighted by Crippen LogP contribution is -2.04. The second kappa shape index (κ2) is 10.1. The van der Waals surface area contributed by atoms with Gasteiger partial charge in [-0.2, -0.15) is 18.6 Å². The fourth-order valence-electron chi connectivity index (χ4n) is 3.45. The number of nitrogens with two attached hydrogens (primary N) is 1. The van der Waals surface area contributed by atoms with Crippen LogP contribution in [0.5, 0.6) is 5.75 Å². The van der Waals surface area contributed by atoms with Crippen molar-refractivity contribution in [2.45, 2.75) is 9.79 Å². The minimum atomic E-state index is -5.30. The van der Waals surface area contributed by atoms with E-state index in [1.165, 1.54) is 24.3 Å². The highest BCUT2D eigenvalue weighted by Gasteiger charge is 2.26. The van der Waals surface area contributed by atoms with Crippen molar-refractivity contribution in [2.75, 3.05) is 5.73 Å². The molecular formula is C22H15N6O9S2-. The summed E-state index contributed by atoms with van der Waals surface area (Å²) in [5, 5.41) is 36.1. The molecule has 0 aromatic heterocycles. The maximum Gasteiger partial charge on any atom is 0.296 e. The molecule has 0 spiro atoms. The summed E-state index contributed by atoms with van der Waals surface area (Å²) in [5.41, 5.74) is 4.11. The molecule has 0 amide bonds. The molecule has 4 aromatic rings. The van der Waals surface area contributed by atoms with E-state index < -0.39 is 57.8 Å². The molecule has 0 aliphatic carbocycles. The minimum absolute atomic E-state index is 0.0256. The fourth-order valence-corrected chi connectivity index (χ4v) is 4.77. The Morgan fingerprint density at radius 3 is 1.87 bits per heavy atom. The number of nitro groups is 1. The van der Waals surface area contributed by atoms with Gasteiger partial charge in [-0.05, 0) is 41.8 Å². The van der Waals surface area contributed by atoms with Gasteiger partial charge in [0.1, 0.15) is 26.4 Å². The van der Waals surface area contributed by atoms with Gasteiger partial charge in [0, 0.05) is 12.1 Å². The van der Waals surface area contributed by atoms with E-state index in [1.54, 1.807) is 18.2 Å². The summed E-state index contributed by atoms with van der Waals surface area (Å²) >= 11 is 0. The van der Waals surface area contributed by atoms with E-state index in [1.807, 2.05) is 0 Å². The van der Waals surface area contributed by atoms with Crippen LogP contribution in [0.3, 0.4) is 0 Å². The third-order valence-electron chi connectivity index (χ3n) is 5.21. The number of azo groups is 2. The van der Waals surface area contributed by atoms with Gasteiger partial charge in [-0.3, -0.25) is 14.7 Å². The summed E-state index contributed by atoms with van der Waals surface area (Å²) in [6, 6.07) is 14.0. The second-order valence-corrected chi connectivity index (χ2v) is 10.5. The van der Waals surface area contributed by atoms with Crippen LogP contribution < -0.4 is 5.73 Å². The molecule has 17 heteroatoms. The van der Waals surface area contributed by atoms with Gasteiger partial charge < -0.3 is 15.4 Å². The third kappa shape index (κ3) is 5.70. The molecule has 4 N–H and O–H groups in total. The number of anilines is 1. The van der Waals surface area contributed by atoms with Gasteiger partial charge in [-0.15, -0.1) is 10.2 Å². The smallest absolute Gasteiger partial charge is 0.296 e. The van der Waals surface area contributed by atoms with E-state index in [9.17, 15) is 41.2 Å². The number of phenolic OH excluding ortho intramolecular Hbond substituents is 1. The van der Waals surface area contributed by atoms with Crippen molar-refractivity contribution in [2.24, 2.45) is 20.5 Å². The fraction of sp³-hybridized carbons (Fsp3) is 0. The zero-order chi connectivity index (χ0) is 28.5. The Morgan fingerprint density at radius 1 is 0.795 bits per heavy atom. The SMILES string of the molecule is Nc1c(N=Nc2ccc([N+](=O)[O-])cc2)c(S(=O)(=O)[O-])cc2cc(S(=O)(=O)O)c(N=Nc3ccccc3)c(O)c12. The van der Waals surface area contributed by atoms with E-state index in [-0.39, 0.29) is 27.8 Å². The molecule has 0 radical (unpaired) electrons. The predicted molar refractivity (Wildman–Crippen MR) is 136 cm³/mol. The maximum absolute atomic E-state index is 12.1. The number of hydrogen-bond acceptors (Lipinski definition) is 13. The van der Waals surface area contributed by atoms with Gasteiger partial charge in [0.25, 0.3) is 15.8 Å². The van der Waals surface area contributed by atoms with E-state index in [4.69, 9.17) is 5.73 Å². The number of non-ortho nitro benzene ring substituents is 1. The normalized spacial score (nSPS) is 12.5. The van der Waals surface area contributed by atoms with Crippen LogP contribution in [-0.4, -0.2) is 36.0 Å². The Balaban J connectivity index is 1.99. The van der Waals surface area contributed by atoms with Crippen molar-refractivity contribution in [3.8, 4) is 5.75 Å². The number of phenols is 1. The number of hydrogen-bond donors (Lipinski definition) is 3. The van der Waals surface area contributed by atoms with Crippen LogP contribution in [-0.2, 0) is 20.2 Å². The summed E-state index contributed by atoms with van der Waals surface area (Å²) in [6.07, 6.45) is 0. The van der Waals surface area contributed by atoms with Crippen molar-refractivity contribution in [3.63, 3.8) is 0 Å². The summed E-state index contributed by atoms with van der Waals surface area (Å²) in [7, 11) is -10.3. The number of fused-ring (bicyclic) bond motifs is 1. The van der Waals surface area contributed by atoms with Gasteiger partial charge >= 0.3 is 0 Å². The van der Waals surface area contributed by atoms with Crippen LogP contribution in [0.2, 0.25) is 0 Å². The van der Waals surface area contributed by atoms with Gasteiger partial charge in [-0.1, -0.05) is 18.2 Å². The topological polar surface area (TPSA) is 250 Å². The Kier molecular flexibility index (Phi) is 7.07. The zero-order valence-electron chi connectivity index (χ0n) is 19.2. The molecule has 0 fully saturated rings. The van der Waals surface area contributed by atoms with Gasteiger partial charge in [0.2, 0.25) is 0 Å². The Morgan fingerprint density at radius 2 is 1.33 bits per heavy atom. The molecule has 15 nitrogen and oxygen atoms in total. The molecule has 0 aliphatic rings. The lowest BCUT2D eigenvalue weighted by atomic mass is 10.1. The van der Waals surface area contributed by atoms with E-state index in [0.717, 1.165) is 18.2 Å². The summed E-state index contributed by atoms with van der Waals surface area (Å²) in [4.78, 5) is 8.22. The van der Waals surface area contributed by atoms with Crippen molar-refractivity contribution >= 4 is 65.1 Å². The van der Waals surface area contributed by atoms with Crippen LogP contribution >= 0.6 is 0 Å². The van der Waals surface area contributed by atoms with Crippen molar-refractivity contribution < 1.29 is 36.0 Å². The van der Waals surface area contributed by atoms with Crippen molar-refractivity contribution in [1.82, 2.24) is 0 Å². The molecule has 0 heterocycles. The lowest BCUT2D eigenvalue weighted by Gasteiger charge is -2.16. The number of rotatable bonds is 7. The first-order valence-corrected chi connectivity index (χ1v) is 13.3. The highest BCUT2D eigenvalue weighted by atomic mass is 32.2. The predicted octanol–water partition coefficient (Wildman–Crippen LogP) is 5.02. The van der Waals surface area contributed by atoms with Gasteiger partial charge in [0.05, 0.1) is 32.3 Å². The molecule has 4 aromatic carbocycles. The Labute approximate surface area is 219 Å². The van der Waals surface area contributed by atoms with Crippen molar-refractivity contribution in [1.29, 1.82) is 0 Å². The molecule has 39 heavy (non-hydrogen) atoms. The van der Waals surface area contributed by atoms with Gasteiger partial charge in [0.15, 0.2) is 5.75 Å². The molecule has 200 valence electrons. The molecule has 0 bridgehead atoms. The molecule has 4 rings (SSSR count). The molecule has 0 saturated heterocycles. The van der Waals surface area contributed by atoms with E-state index in [0.29, 0.717) is 6.07 Å². The molecular weight excluding hydrogens is 556 g/mol. The first kappa shape index (κ1) is 27.2. The number of benzene rings is 4. The highest BCUT2D eigenvalue weighted by Crippen LogP contribution is 2.48. The van der Waals surface area contributed by atoms with Crippen LogP contribution in [0.15, 0.2) is 97.0 Å². The van der Waals surface area contributed by atoms with Gasteiger partial charge in [-0.25, -0.2) is 8.42 Å². The van der Waals surface area contributed by atoms with E-state index in [2.05, 4.69) is 20.5 Å². The number of nitrogen functional groups attached to an aromatic ring is 1. The number of nitro benzene ring substituents is 1. The summed E-state index contributed by atoms with van der Waals surface area (Å²) in [5.74, 6) is -0.918. The average Bonchev–Trinajstić information content (AvgIpc) is 2.86. The monoisotopic (exact) mass is 571 g/mol. The first-order chi connectivity index (χ1) is 18.3.